The predicted octanol–water partition coefficient (Wildman–Crippen LogP) is 2.54. The Balaban J connectivity index is 1.17. The topological polar surface area (TPSA) is 73.1 Å². The third kappa shape index (κ3) is 3.68. The molecule has 0 atom stereocenters. The van der Waals surface area contributed by atoms with Crippen molar-refractivity contribution >= 4 is 5.82 Å². The standard InChI is InChI=1S/C20H25N5O2/c26-20-19(21-7-10-25(20)16-3-4-16)24-8-5-14(6-9-24)12-27-18-11-17(15-1-2-15)22-13-23-18/h7,10-11,13-16H,1-6,8-9,12H2. The van der Waals surface area contributed by atoms with Crippen LogP contribution in [-0.2, 0) is 0 Å². The van der Waals surface area contributed by atoms with Gasteiger partial charge in [-0.3, -0.25) is 4.79 Å². The molecule has 2 aromatic heterocycles. The molecule has 0 spiro atoms. The quantitative estimate of drug-likeness (QED) is 0.781. The number of ether oxygens (including phenoxy) is 1. The molecule has 2 aliphatic carbocycles. The van der Waals surface area contributed by atoms with E-state index in [2.05, 4.69) is 19.9 Å². The van der Waals surface area contributed by atoms with Crippen LogP contribution in [0, 0.1) is 5.92 Å². The average Bonchev–Trinajstić information content (AvgIpc) is 3.60. The van der Waals surface area contributed by atoms with Gasteiger partial charge in [0, 0.05) is 43.5 Å². The van der Waals surface area contributed by atoms with Crippen LogP contribution in [0.4, 0.5) is 5.82 Å². The molecular weight excluding hydrogens is 342 g/mol. The molecule has 0 amide bonds. The highest BCUT2D eigenvalue weighted by atomic mass is 16.5. The summed E-state index contributed by atoms with van der Waals surface area (Å²) in [5.74, 6) is 2.38. The summed E-state index contributed by atoms with van der Waals surface area (Å²) in [7, 11) is 0. The fourth-order valence-corrected chi connectivity index (χ4v) is 3.82. The first-order valence-corrected chi connectivity index (χ1v) is 10.0. The molecule has 0 unspecified atom stereocenters. The second-order valence-electron chi connectivity index (χ2n) is 7.99. The van der Waals surface area contributed by atoms with E-state index in [0.717, 1.165) is 44.5 Å². The lowest BCUT2D eigenvalue weighted by Gasteiger charge is -2.32. The molecule has 3 fully saturated rings. The fourth-order valence-electron chi connectivity index (χ4n) is 3.82. The predicted molar refractivity (Wildman–Crippen MR) is 101 cm³/mol. The van der Waals surface area contributed by atoms with E-state index in [9.17, 15) is 4.79 Å². The maximum atomic E-state index is 12.7. The van der Waals surface area contributed by atoms with Crippen molar-refractivity contribution in [3.8, 4) is 5.88 Å². The van der Waals surface area contributed by atoms with Crippen molar-refractivity contribution in [1.29, 1.82) is 0 Å². The number of anilines is 1. The van der Waals surface area contributed by atoms with Gasteiger partial charge in [-0.05, 0) is 44.4 Å². The molecular formula is C20H25N5O2. The van der Waals surface area contributed by atoms with E-state index in [0.29, 0.717) is 36.2 Å². The normalized spacial score (nSPS) is 20.7. The Hall–Kier alpha value is -2.44. The fraction of sp³-hybridized carbons (Fsp3) is 0.600. The van der Waals surface area contributed by atoms with Gasteiger partial charge in [-0.15, -0.1) is 0 Å². The van der Waals surface area contributed by atoms with Gasteiger partial charge in [0.2, 0.25) is 5.88 Å². The van der Waals surface area contributed by atoms with Crippen LogP contribution in [0.25, 0.3) is 0 Å². The van der Waals surface area contributed by atoms with E-state index in [1.807, 2.05) is 16.8 Å². The molecule has 0 aromatic carbocycles. The second kappa shape index (κ2) is 6.94. The smallest absolute Gasteiger partial charge is 0.293 e. The Morgan fingerprint density at radius 3 is 2.59 bits per heavy atom. The molecule has 7 nitrogen and oxygen atoms in total. The van der Waals surface area contributed by atoms with E-state index < -0.39 is 0 Å². The summed E-state index contributed by atoms with van der Waals surface area (Å²) in [6.45, 7) is 2.37. The molecule has 3 aliphatic rings. The van der Waals surface area contributed by atoms with E-state index in [4.69, 9.17) is 4.74 Å². The maximum Gasteiger partial charge on any atom is 0.293 e. The molecule has 0 radical (unpaired) electrons. The van der Waals surface area contributed by atoms with Gasteiger partial charge in [-0.25, -0.2) is 15.0 Å². The van der Waals surface area contributed by atoms with Crippen molar-refractivity contribution in [2.75, 3.05) is 24.6 Å². The van der Waals surface area contributed by atoms with Crippen LogP contribution in [0.5, 0.6) is 5.88 Å². The third-order valence-corrected chi connectivity index (χ3v) is 5.83. The summed E-state index contributed by atoms with van der Waals surface area (Å²) in [4.78, 5) is 27.7. The van der Waals surface area contributed by atoms with Crippen molar-refractivity contribution in [2.45, 2.75) is 50.5 Å². The van der Waals surface area contributed by atoms with Crippen molar-refractivity contribution in [3.63, 3.8) is 0 Å². The zero-order valence-electron chi connectivity index (χ0n) is 15.5. The van der Waals surface area contributed by atoms with Crippen LogP contribution in [0.1, 0.15) is 56.2 Å². The summed E-state index contributed by atoms with van der Waals surface area (Å²) in [6.07, 6.45) is 11.9. The summed E-state index contributed by atoms with van der Waals surface area (Å²) in [6, 6.07) is 2.37. The van der Waals surface area contributed by atoms with Crippen LogP contribution >= 0.6 is 0 Å². The molecule has 0 bridgehead atoms. The van der Waals surface area contributed by atoms with Gasteiger partial charge in [0.05, 0.1) is 12.3 Å². The molecule has 27 heavy (non-hydrogen) atoms. The lowest BCUT2D eigenvalue weighted by atomic mass is 9.98. The van der Waals surface area contributed by atoms with Crippen molar-refractivity contribution < 1.29 is 4.74 Å². The van der Waals surface area contributed by atoms with Crippen LogP contribution in [0.2, 0.25) is 0 Å². The molecule has 142 valence electrons. The monoisotopic (exact) mass is 367 g/mol. The molecule has 2 saturated carbocycles. The summed E-state index contributed by atoms with van der Waals surface area (Å²) in [5.41, 5.74) is 1.17. The second-order valence-corrected chi connectivity index (χ2v) is 7.99. The first-order chi connectivity index (χ1) is 13.3. The van der Waals surface area contributed by atoms with E-state index in [1.165, 1.54) is 12.8 Å². The summed E-state index contributed by atoms with van der Waals surface area (Å²) < 4.78 is 7.79. The summed E-state index contributed by atoms with van der Waals surface area (Å²) in [5, 5.41) is 0. The van der Waals surface area contributed by atoms with Crippen LogP contribution in [0.3, 0.4) is 0 Å². The molecule has 2 aromatic rings. The largest absolute Gasteiger partial charge is 0.477 e. The van der Waals surface area contributed by atoms with Crippen molar-refractivity contribution in [2.24, 2.45) is 5.92 Å². The minimum absolute atomic E-state index is 0.0586. The van der Waals surface area contributed by atoms with Gasteiger partial charge < -0.3 is 14.2 Å². The van der Waals surface area contributed by atoms with Gasteiger partial charge in [0.1, 0.15) is 6.33 Å². The SMILES string of the molecule is O=c1c(N2CCC(COc3cc(C4CC4)ncn3)CC2)nccn1C1CC1. The van der Waals surface area contributed by atoms with Crippen molar-refractivity contribution in [3.05, 3.63) is 40.8 Å². The van der Waals surface area contributed by atoms with E-state index in [-0.39, 0.29) is 5.56 Å². The lowest BCUT2D eigenvalue weighted by molar-refractivity contribution is 0.215. The number of aromatic nitrogens is 4. The molecule has 5 rings (SSSR count). The Morgan fingerprint density at radius 2 is 1.85 bits per heavy atom. The van der Waals surface area contributed by atoms with Crippen molar-refractivity contribution in [1.82, 2.24) is 19.5 Å². The van der Waals surface area contributed by atoms with E-state index in [1.54, 1.807) is 12.5 Å². The van der Waals surface area contributed by atoms with Crippen LogP contribution in [0.15, 0.2) is 29.6 Å². The summed E-state index contributed by atoms with van der Waals surface area (Å²) >= 11 is 0. The molecule has 0 N–H and O–H groups in total. The minimum atomic E-state index is 0.0586. The van der Waals surface area contributed by atoms with Gasteiger partial charge in [0.25, 0.3) is 5.56 Å². The van der Waals surface area contributed by atoms with Crippen LogP contribution < -0.4 is 15.2 Å². The number of rotatable bonds is 6. The third-order valence-electron chi connectivity index (χ3n) is 5.83. The van der Waals surface area contributed by atoms with Gasteiger partial charge in [-0.1, -0.05) is 0 Å². The zero-order chi connectivity index (χ0) is 18.2. The number of hydrogen-bond acceptors (Lipinski definition) is 6. The molecule has 3 heterocycles. The van der Waals surface area contributed by atoms with Gasteiger partial charge >= 0.3 is 0 Å². The highest BCUT2D eigenvalue weighted by molar-refractivity contribution is 5.36. The number of piperidine rings is 1. The Labute approximate surface area is 158 Å². The minimum Gasteiger partial charge on any atom is -0.477 e. The highest BCUT2D eigenvalue weighted by Crippen LogP contribution is 2.39. The zero-order valence-corrected chi connectivity index (χ0v) is 15.5. The highest BCUT2D eigenvalue weighted by Gasteiger charge is 2.28. The van der Waals surface area contributed by atoms with Gasteiger partial charge in [-0.2, -0.15) is 0 Å². The Morgan fingerprint density at radius 1 is 1.04 bits per heavy atom. The average molecular weight is 367 g/mol. The van der Waals surface area contributed by atoms with E-state index >= 15 is 0 Å². The first-order valence-electron chi connectivity index (χ1n) is 10.0. The molecule has 7 heteroatoms. The molecule has 1 saturated heterocycles. The van der Waals surface area contributed by atoms with Gasteiger partial charge in [0.15, 0.2) is 5.82 Å². The van der Waals surface area contributed by atoms with Crippen LogP contribution in [-0.4, -0.2) is 39.2 Å². The maximum absolute atomic E-state index is 12.7. The molecule has 1 aliphatic heterocycles. The first kappa shape index (κ1) is 16.7. The lowest BCUT2D eigenvalue weighted by Crippen LogP contribution is -2.40. The number of nitrogens with zero attached hydrogens (tertiary/aromatic N) is 5. The Kier molecular flexibility index (Phi) is 4.30. The number of hydrogen-bond donors (Lipinski definition) is 0. The Bertz CT molecular complexity index is 867.